The first-order valence-corrected chi connectivity index (χ1v) is 6.39. The molecule has 18 heavy (non-hydrogen) atoms. The third kappa shape index (κ3) is 4.45. The quantitative estimate of drug-likeness (QED) is 0.551. The Kier molecular flexibility index (Phi) is 6.36. The molecule has 0 unspecified atom stereocenters. The zero-order valence-corrected chi connectivity index (χ0v) is 11.5. The monoisotopic (exact) mass is 250 g/mol. The van der Waals surface area contributed by atoms with Crippen molar-refractivity contribution in [1.82, 2.24) is 9.88 Å². The Morgan fingerprint density at radius 3 is 2.89 bits per heavy atom. The number of pyridine rings is 1. The number of ether oxygens (including phenoxy) is 1. The van der Waals surface area contributed by atoms with Gasteiger partial charge in [-0.25, -0.2) is 4.79 Å². The number of nitrogens with zero attached hydrogens (tertiary/aromatic N) is 2. The predicted octanol–water partition coefficient (Wildman–Crippen LogP) is 2.49. The topological polar surface area (TPSA) is 42.4 Å². The maximum absolute atomic E-state index is 11.6. The summed E-state index contributed by atoms with van der Waals surface area (Å²) in [4.78, 5) is 18.1. The minimum Gasteiger partial charge on any atom is -0.465 e. The zero-order chi connectivity index (χ0) is 13.4. The van der Waals surface area contributed by atoms with Crippen LogP contribution in [0.4, 0.5) is 0 Å². The largest absolute Gasteiger partial charge is 0.465 e. The second kappa shape index (κ2) is 7.82. The van der Waals surface area contributed by atoms with Crippen LogP contribution in [0.3, 0.4) is 0 Å². The summed E-state index contributed by atoms with van der Waals surface area (Å²) in [6.07, 6.45) is 5.33. The van der Waals surface area contributed by atoms with E-state index >= 15 is 0 Å². The molecule has 0 saturated carbocycles. The van der Waals surface area contributed by atoms with Crippen LogP contribution in [0.25, 0.3) is 0 Å². The Balaban J connectivity index is 2.63. The Morgan fingerprint density at radius 2 is 2.22 bits per heavy atom. The number of aromatic nitrogens is 1. The first-order valence-electron chi connectivity index (χ1n) is 6.39. The van der Waals surface area contributed by atoms with Crippen LogP contribution in [0.2, 0.25) is 0 Å². The Bertz CT molecular complexity index is 380. The van der Waals surface area contributed by atoms with Crippen LogP contribution in [0.15, 0.2) is 18.3 Å². The van der Waals surface area contributed by atoms with E-state index in [1.54, 1.807) is 18.3 Å². The molecule has 0 amide bonds. The number of esters is 1. The molecule has 4 heteroatoms. The normalized spacial score (nSPS) is 10.7. The molecule has 0 atom stereocenters. The maximum Gasteiger partial charge on any atom is 0.339 e. The van der Waals surface area contributed by atoms with Gasteiger partial charge in [-0.1, -0.05) is 19.8 Å². The molecule has 0 aliphatic carbocycles. The average molecular weight is 250 g/mol. The smallest absolute Gasteiger partial charge is 0.339 e. The Labute approximate surface area is 109 Å². The molecule has 0 bridgehead atoms. The van der Waals surface area contributed by atoms with Crippen LogP contribution in [0.1, 0.15) is 42.2 Å². The first-order chi connectivity index (χ1) is 8.69. The van der Waals surface area contributed by atoms with Crippen LogP contribution in [0.5, 0.6) is 0 Å². The van der Waals surface area contributed by atoms with E-state index in [0.717, 1.165) is 12.2 Å². The lowest BCUT2D eigenvalue weighted by molar-refractivity contribution is 0.0597. The average Bonchev–Trinajstić information content (AvgIpc) is 2.39. The first kappa shape index (κ1) is 14.6. The van der Waals surface area contributed by atoms with Crippen molar-refractivity contribution in [3.05, 3.63) is 29.6 Å². The summed E-state index contributed by atoms with van der Waals surface area (Å²) in [7, 11) is 3.44. The van der Waals surface area contributed by atoms with Crippen molar-refractivity contribution < 1.29 is 9.53 Å². The highest BCUT2D eigenvalue weighted by Gasteiger charge is 2.13. The van der Waals surface area contributed by atoms with Crippen molar-refractivity contribution in [2.75, 3.05) is 20.7 Å². The van der Waals surface area contributed by atoms with Gasteiger partial charge in [-0.15, -0.1) is 0 Å². The minimum absolute atomic E-state index is 0.319. The number of carbonyl (C=O) groups is 1. The summed E-state index contributed by atoms with van der Waals surface area (Å²) in [5.41, 5.74) is 1.34. The lowest BCUT2D eigenvalue weighted by Gasteiger charge is -2.17. The predicted molar refractivity (Wildman–Crippen MR) is 71.4 cm³/mol. The molecule has 0 radical (unpaired) electrons. The summed E-state index contributed by atoms with van der Waals surface area (Å²) in [5, 5.41) is 0. The standard InChI is InChI=1S/C14H22N2O2/c1-4-5-6-10-16(2)11-13-12(14(17)18-3)8-7-9-15-13/h7-9H,4-6,10-11H2,1-3H3. The fourth-order valence-corrected chi connectivity index (χ4v) is 1.83. The van der Waals surface area contributed by atoms with Crippen molar-refractivity contribution in [3.8, 4) is 0 Å². The number of rotatable bonds is 7. The van der Waals surface area contributed by atoms with Crippen LogP contribution in [-0.2, 0) is 11.3 Å². The van der Waals surface area contributed by atoms with E-state index in [-0.39, 0.29) is 5.97 Å². The molecule has 0 aromatic carbocycles. The molecule has 0 N–H and O–H groups in total. The molecule has 1 rings (SSSR count). The lowest BCUT2D eigenvalue weighted by Crippen LogP contribution is -2.21. The van der Waals surface area contributed by atoms with E-state index in [1.807, 2.05) is 7.05 Å². The van der Waals surface area contributed by atoms with Gasteiger partial charge in [0.15, 0.2) is 0 Å². The van der Waals surface area contributed by atoms with Crippen LogP contribution in [0, 0.1) is 0 Å². The van der Waals surface area contributed by atoms with E-state index in [9.17, 15) is 4.79 Å². The van der Waals surface area contributed by atoms with Gasteiger partial charge in [-0.05, 0) is 32.1 Å². The number of hydrogen-bond acceptors (Lipinski definition) is 4. The van der Waals surface area contributed by atoms with Gasteiger partial charge < -0.3 is 9.64 Å². The van der Waals surface area contributed by atoms with Crippen molar-refractivity contribution in [2.45, 2.75) is 32.7 Å². The van der Waals surface area contributed by atoms with E-state index in [1.165, 1.54) is 26.4 Å². The molecule has 1 aromatic heterocycles. The SMILES string of the molecule is CCCCCN(C)Cc1ncccc1C(=O)OC. The third-order valence-electron chi connectivity index (χ3n) is 2.86. The molecule has 0 saturated heterocycles. The van der Waals surface area contributed by atoms with Gasteiger partial charge in [0.05, 0.1) is 18.4 Å². The minimum atomic E-state index is -0.319. The fraction of sp³-hybridized carbons (Fsp3) is 0.571. The summed E-state index contributed by atoms with van der Waals surface area (Å²) >= 11 is 0. The van der Waals surface area contributed by atoms with Crippen molar-refractivity contribution in [1.29, 1.82) is 0 Å². The van der Waals surface area contributed by atoms with Crippen LogP contribution in [-0.4, -0.2) is 36.6 Å². The molecule has 100 valence electrons. The molecule has 1 aromatic rings. The molecular formula is C14H22N2O2. The third-order valence-corrected chi connectivity index (χ3v) is 2.86. The summed E-state index contributed by atoms with van der Waals surface area (Å²) < 4.78 is 4.76. The van der Waals surface area contributed by atoms with Gasteiger partial charge in [-0.3, -0.25) is 4.98 Å². The van der Waals surface area contributed by atoms with Gasteiger partial charge in [0.2, 0.25) is 0 Å². The molecular weight excluding hydrogens is 228 g/mol. The van der Waals surface area contributed by atoms with E-state index in [4.69, 9.17) is 4.74 Å². The highest BCUT2D eigenvalue weighted by Crippen LogP contribution is 2.10. The number of hydrogen-bond donors (Lipinski definition) is 0. The van der Waals surface area contributed by atoms with Gasteiger partial charge in [0.25, 0.3) is 0 Å². The van der Waals surface area contributed by atoms with Gasteiger partial charge in [0.1, 0.15) is 0 Å². The summed E-state index contributed by atoms with van der Waals surface area (Å²) in [6, 6.07) is 3.51. The van der Waals surface area contributed by atoms with E-state index in [2.05, 4.69) is 16.8 Å². The molecule has 4 nitrogen and oxygen atoms in total. The van der Waals surface area contributed by atoms with E-state index in [0.29, 0.717) is 12.1 Å². The highest BCUT2D eigenvalue weighted by atomic mass is 16.5. The van der Waals surface area contributed by atoms with E-state index < -0.39 is 0 Å². The summed E-state index contributed by atoms with van der Waals surface area (Å²) in [6.45, 7) is 3.88. The molecule has 0 spiro atoms. The highest BCUT2D eigenvalue weighted by molar-refractivity contribution is 5.90. The number of methoxy groups -OCH3 is 1. The van der Waals surface area contributed by atoms with Crippen LogP contribution < -0.4 is 0 Å². The molecule has 0 aliphatic heterocycles. The van der Waals surface area contributed by atoms with Gasteiger partial charge in [0, 0.05) is 12.7 Å². The number of carbonyl (C=O) groups excluding carboxylic acids is 1. The molecule has 0 fully saturated rings. The Morgan fingerprint density at radius 1 is 1.44 bits per heavy atom. The van der Waals surface area contributed by atoms with Crippen LogP contribution >= 0.6 is 0 Å². The van der Waals surface area contributed by atoms with Gasteiger partial charge in [-0.2, -0.15) is 0 Å². The molecule has 0 aliphatic rings. The zero-order valence-electron chi connectivity index (χ0n) is 11.5. The maximum atomic E-state index is 11.6. The summed E-state index contributed by atoms with van der Waals surface area (Å²) in [5.74, 6) is -0.319. The van der Waals surface area contributed by atoms with Crippen molar-refractivity contribution in [2.24, 2.45) is 0 Å². The Hall–Kier alpha value is -1.42. The number of unbranched alkanes of at least 4 members (excludes halogenated alkanes) is 2. The molecule has 1 heterocycles. The second-order valence-corrected chi connectivity index (χ2v) is 4.43. The lowest BCUT2D eigenvalue weighted by atomic mass is 10.2. The fourth-order valence-electron chi connectivity index (χ4n) is 1.83. The van der Waals surface area contributed by atoms with Gasteiger partial charge >= 0.3 is 5.97 Å². The van der Waals surface area contributed by atoms with Crippen molar-refractivity contribution >= 4 is 5.97 Å². The second-order valence-electron chi connectivity index (χ2n) is 4.43. The van der Waals surface area contributed by atoms with Crippen molar-refractivity contribution in [3.63, 3.8) is 0 Å².